The molecule has 14 heavy (non-hydrogen) atoms. The lowest BCUT2D eigenvalue weighted by molar-refractivity contribution is 0.521. The zero-order chi connectivity index (χ0) is 9.97. The monoisotopic (exact) mass is 230 g/mol. The summed E-state index contributed by atoms with van der Waals surface area (Å²) in [5.41, 5.74) is 0. The summed E-state index contributed by atoms with van der Waals surface area (Å²) in [5, 5.41) is 3.62. The Balaban J connectivity index is 2.04. The highest BCUT2D eigenvalue weighted by atomic mass is 35.5. The van der Waals surface area contributed by atoms with Crippen molar-refractivity contribution in [2.45, 2.75) is 26.2 Å². The van der Waals surface area contributed by atoms with E-state index in [2.05, 4.69) is 16.8 Å². The summed E-state index contributed by atoms with van der Waals surface area (Å²) in [6.07, 6.45) is 3.89. The third kappa shape index (κ3) is 2.39. The van der Waals surface area contributed by atoms with Gasteiger partial charge in [-0.3, -0.25) is 0 Å². The van der Waals surface area contributed by atoms with Gasteiger partial charge in [-0.25, -0.2) is 4.98 Å². The molecule has 78 valence electrons. The van der Waals surface area contributed by atoms with Crippen LogP contribution in [0, 0.1) is 5.92 Å². The topological polar surface area (TPSA) is 16.1 Å². The van der Waals surface area contributed by atoms with Crippen molar-refractivity contribution in [1.29, 1.82) is 0 Å². The van der Waals surface area contributed by atoms with Gasteiger partial charge in [0.2, 0.25) is 0 Å². The summed E-state index contributed by atoms with van der Waals surface area (Å²) in [7, 11) is 0. The van der Waals surface area contributed by atoms with Crippen LogP contribution in [0.4, 0.5) is 5.13 Å². The standard InChI is InChI=1S/C10H15ClN2S/c1-8-3-2-5-13(6-4-8)10-12-9(11)7-14-10/h7-8H,2-6H2,1H3. The van der Waals surface area contributed by atoms with Gasteiger partial charge >= 0.3 is 0 Å². The van der Waals surface area contributed by atoms with Gasteiger partial charge in [-0.1, -0.05) is 18.5 Å². The second kappa shape index (κ2) is 4.49. The lowest BCUT2D eigenvalue weighted by Crippen LogP contribution is -2.23. The molecule has 0 N–H and O–H groups in total. The summed E-state index contributed by atoms with van der Waals surface area (Å²) >= 11 is 7.47. The van der Waals surface area contributed by atoms with Crippen LogP contribution in [0.5, 0.6) is 0 Å². The summed E-state index contributed by atoms with van der Waals surface area (Å²) in [4.78, 5) is 6.67. The molecular formula is C10H15ClN2S. The van der Waals surface area contributed by atoms with Crippen molar-refractivity contribution in [2.75, 3.05) is 18.0 Å². The Labute approximate surface area is 93.9 Å². The van der Waals surface area contributed by atoms with E-state index >= 15 is 0 Å². The van der Waals surface area contributed by atoms with E-state index in [0.717, 1.165) is 24.1 Å². The van der Waals surface area contributed by atoms with Crippen molar-refractivity contribution < 1.29 is 0 Å². The average Bonchev–Trinajstić information content (AvgIpc) is 2.46. The molecule has 1 unspecified atom stereocenters. The Kier molecular flexibility index (Phi) is 3.29. The van der Waals surface area contributed by atoms with Gasteiger partial charge in [0.15, 0.2) is 5.13 Å². The molecule has 2 heterocycles. The van der Waals surface area contributed by atoms with E-state index in [1.807, 2.05) is 5.38 Å². The molecule has 1 aliphatic rings. The van der Waals surface area contributed by atoms with Crippen molar-refractivity contribution in [2.24, 2.45) is 5.92 Å². The highest BCUT2D eigenvalue weighted by Crippen LogP contribution is 2.26. The predicted molar refractivity (Wildman–Crippen MR) is 62.4 cm³/mol. The maximum Gasteiger partial charge on any atom is 0.186 e. The highest BCUT2D eigenvalue weighted by molar-refractivity contribution is 7.14. The molecule has 0 saturated carbocycles. The van der Waals surface area contributed by atoms with Crippen molar-refractivity contribution in [1.82, 2.24) is 4.98 Å². The molecule has 0 amide bonds. The number of thiazole rings is 1. The summed E-state index contributed by atoms with van der Waals surface area (Å²) in [6.45, 7) is 4.59. The zero-order valence-corrected chi connectivity index (χ0v) is 9.94. The van der Waals surface area contributed by atoms with Gasteiger partial charge in [0.1, 0.15) is 5.15 Å². The third-order valence-electron chi connectivity index (χ3n) is 2.75. The normalized spacial score (nSPS) is 23.6. The van der Waals surface area contributed by atoms with E-state index in [-0.39, 0.29) is 0 Å². The second-order valence-electron chi connectivity index (χ2n) is 3.98. The number of nitrogens with zero attached hydrogens (tertiary/aromatic N) is 2. The maximum atomic E-state index is 5.82. The quantitative estimate of drug-likeness (QED) is 0.735. The first-order valence-electron chi connectivity index (χ1n) is 5.11. The van der Waals surface area contributed by atoms with Crippen molar-refractivity contribution in [3.63, 3.8) is 0 Å². The molecule has 0 spiro atoms. The fourth-order valence-corrected chi connectivity index (χ4v) is 2.85. The number of anilines is 1. The van der Waals surface area contributed by atoms with Crippen molar-refractivity contribution >= 4 is 28.1 Å². The van der Waals surface area contributed by atoms with Crippen LogP contribution >= 0.6 is 22.9 Å². The Bertz CT molecular complexity index is 300. The Morgan fingerprint density at radius 2 is 2.36 bits per heavy atom. The minimum absolute atomic E-state index is 0.627. The van der Waals surface area contributed by atoms with Gasteiger partial charge in [0.25, 0.3) is 0 Å². The smallest absolute Gasteiger partial charge is 0.186 e. The van der Waals surface area contributed by atoms with E-state index in [0.29, 0.717) is 5.15 Å². The number of halogens is 1. The lowest BCUT2D eigenvalue weighted by Gasteiger charge is -2.18. The fourth-order valence-electron chi connectivity index (χ4n) is 1.84. The first-order chi connectivity index (χ1) is 6.75. The Morgan fingerprint density at radius 1 is 1.50 bits per heavy atom. The molecule has 1 atom stereocenters. The molecule has 1 aromatic heterocycles. The largest absolute Gasteiger partial charge is 0.348 e. The van der Waals surface area contributed by atoms with Crippen molar-refractivity contribution in [3.05, 3.63) is 10.5 Å². The van der Waals surface area contributed by atoms with Crippen LogP contribution < -0.4 is 4.90 Å². The van der Waals surface area contributed by atoms with E-state index < -0.39 is 0 Å². The molecule has 1 saturated heterocycles. The van der Waals surface area contributed by atoms with Gasteiger partial charge in [-0.05, 0) is 25.2 Å². The molecule has 2 rings (SSSR count). The first-order valence-corrected chi connectivity index (χ1v) is 6.37. The highest BCUT2D eigenvalue weighted by Gasteiger charge is 2.16. The molecule has 0 bridgehead atoms. The predicted octanol–water partition coefficient (Wildman–Crippen LogP) is 3.42. The number of hydrogen-bond donors (Lipinski definition) is 0. The molecule has 1 aromatic rings. The van der Waals surface area contributed by atoms with Gasteiger partial charge in [0, 0.05) is 18.5 Å². The van der Waals surface area contributed by atoms with Gasteiger partial charge < -0.3 is 4.90 Å². The van der Waals surface area contributed by atoms with E-state index in [1.165, 1.54) is 19.3 Å². The molecular weight excluding hydrogens is 216 g/mol. The summed E-state index contributed by atoms with van der Waals surface area (Å²) in [6, 6.07) is 0. The minimum Gasteiger partial charge on any atom is -0.348 e. The Hall–Kier alpha value is -0.280. The molecule has 4 heteroatoms. The summed E-state index contributed by atoms with van der Waals surface area (Å²) in [5.74, 6) is 0.857. The SMILES string of the molecule is CC1CCCN(c2nc(Cl)cs2)CC1. The molecule has 1 fully saturated rings. The van der Waals surface area contributed by atoms with Crippen LogP contribution in [0.3, 0.4) is 0 Å². The maximum absolute atomic E-state index is 5.82. The molecule has 0 radical (unpaired) electrons. The van der Waals surface area contributed by atoms with Crippen LogP contribution in [0.15, 0.2) is 5.38 Å². The number of hydrogen-bond acceptors (Lipinski definition) is 3. The zero-order valence-electron chi connectivity index (χ0n) is 8.37. The molecule has 1 aliphatic heterocycles. The lowest BCUT2D eigenvalue weighted by atomic mass is 10.0. The molecule has 0 aromatic carbocycles. The van der Waals surface area contributed by atoms with Gasteiger partial charge in [0.05, 0.1) is 0 Å². The second-order valence-corrected chi connectivity index (χ2v) is 5.20. The van der Waals surface area contributed by atoms with Gasteiger partial charge in [-0.2, -0.15) is 0 Å². The van der Waals surface area contributed by atoms with Crippen LogP contribution in [-0.2, 0) is 0 Å². The van der Waals surface area contributed by atoms with Crippen LogP contribution in [-0.4, -0.2) is 18.1 Å². The van der Waals surface area contributed by atoms with Crippen molar-refractivity contribution in [3.8, 4) is 0 Å². The minimum atomic E-state index is 0.627. The molecule has 0 aliphatic carbocycles. The van der Waals surface area contributed by atoms with Crippen LogP contribution in [0.2, 0.25) is 5.15 Å². The van der Waals surface area contributed by atoms with Crippen LogP contribution in [0.1, 0.15) is 26.2 Å². The van der Waals surface area contributed by atoms with Crippen LogP contribution in [0.25, 0.3) is 0 Å². The third-order valence-corrected chi connectivity index (χ3v) is 3.98. The van der Waals surface area contributed by atoms with E-state index in [4.69, 9.17) is 11.6 Å². The first kappa shape index (κ1) is 10.2. The Morgan fingerprint density at radius 3 is 3.07 bits per heavy atom. The van der Waals surface area contributed by atoms with Gasteiger partial charge in [-0.15, -0.1) is 11.3 Å². The number of rotatable bonds is 1. The van der Waals surface area contributed by atoms with E-state index in [9.17, 15) is 0 Å². The number of aromatic nitrogens is 1. The summed E-state index contributed by atoms with van der Waals surface area (Å²) < 4.78 is 0. The molecule has 2 nitrogen and oxygen atoms in total. The fraction of sp³-hybridized carbons (Fsp3) is 0.700. The average molecular weight is 231 g/mol. The van der Waals surface area contributed by atoms with E-state index in [1.54, 1.807) is 11.3 Å².